The van der Waals surface area contributed by atoms with Crippen LogP contribution in [0.2, 0.25) is 5.54 Å². The zero-order valence-electron chi connectivity index (χ0n) is 10.2. The minimum Gasteiger partial charge on any atom is -0.0798 e. The Bertz CT molecular complexity index is 503. The van der Waals surface area contributed by atoms with E-state index in [-0.39, 0.29) is 0 Å². The van der Waals surface area contributed by atoms with Gasteiger partial charge >= 0.3 is 0 Å². The van der Waals surface area contributed by atoms with Crippen LogP contribution < -0.4 is 10.4 Å². The molecular weight excluding hydrogens is 232 g/mol. The fourth-order valence-corrected chi connectivity index (χ4v) is 5.22. The smallest absolute Gasteiger partial charge is 0.0798 e. The van der Waals surface area contributed by atoms with Crippen molar-refractivity contribution in [3.05, 3.63) is 85.0 Å². The Morgan fingerprint density at radius 2 is 1.06 bits per heavy atom. The summed E-state index contributed by atoms with van der Waals surface area (Å²) >= 11 is 0. The Kier molecular flexibility index (Phi) is 3.24. The monoisotopic (exact) mass is 247 g/mol. The largest absolute Gasteiger partial charge is 0.132 e. The molecule has 0 saturated heterocycles. The van der Waals surface area contributed by atoms with Gasteiger partial charge in [-0.05, 0) is 5.54 Å². The van der Waals surface area contributed by atoms with E-state index in [1.165, 1.54) is 10.4 Å². The van der Waals surface area contributed by atoms with Gasteiger partial charge in [0.05, 0.1) is 0 Å². The first-order chi connectivity index (χ1) is 8.95. The highest BCUT2D eigenvalue weighted by molar-refractivity contribution is 6.87. The van der Waals surface area contributed by atoms with E-state index < -0.39 is 8.80 Å². The fourth-order valence-electron chi connectivity index (χ4n) is 2.41. The molecule has 2 aromatic rings. The van der Waals surface area contributed by atoms with Crippen molar-refractivity contribution in [2.45, 2.75) is 5.54 Å². The second-order valence-corrected chi connectivity index (χ2v) is 7.09. The summed E-state index contributed by atoms with van der Waals surface area (Å²) in [5, 5.41) is 2.96. The van der Waals surface area contributed by atoms with Gasteiger partial charge in [0.1, 0.15) is 8.80 Å². The van der Waals surface area contributed by atoms with Crippen LogP contribution in [0.25, 0.3) is 0 Å². The lowest BCUT2D eigenvalue weighted by Crippen LogP contribution is -2.44. The first kappa shape index (κ1) is 11.2. The molecule has 0 saturated carbocycles. The maximum atomic E-state index is 2.33. The zero-order valence-corrected chi connectivity index (χ0v) is 11.2. The summed E-state index contributed by atoms with van der Waals surface area (Å²) in [6.45, 7) is 0. The van der Waals surface area contributed by atoms with Crippen molar-refractivity contribution < 1.29 is 0 Å². The van der Waals surface area contributed by atoms with Crippen molar-refractivity contribution in [3.63, 3.8) is 0 Å². The predicted octanol–water partition coefficient (Wildman–Crippen LogP) is 2.79. The van der Waals surface area contributed by atoms with E-state index in [0.29, 0.717) is 5.54 Å². The molecule has 0 aromatic heterocycles. The molecule has 0 nitrogen and oxygen atoms in total. The van der Waals surface area contributed by atoms with Gasteiger partial charge in [-0.3, -0.25) is 0 Å². The summed E-state index contributed by atoms with van der Waals surface area (Å²) in [7, 11) is -0.751. The van der Waals surface area contributed by atoms with Crippen LogP contribution in [0, 0.1) is 0 Å². The first-order valence-corrected chi connectivity index (χ1v) is 7.85. The molecule has 2 aromatic carbocycles. The van der Waals surface area contributed by atoms with Crippen LogP contribution >= 0.6 is 0 Å². The average Bonchev–Trinajstić information content (AvgIpc) is 2.95. The third-order valence-electron chi connectivity index (χ3n) is 3.25. The van der Waals surface area contributed by atoms with E-state index in [2.05, 4.69) is 85.0 Å². The average molecular weight is 247 g/mol. The standard InChI is InChI=1S/C17H15Si/c1-3-9-15(10-4-1)18(17-13-7-8-14-17)16-11-5-2-6-12-16/h1-14,17H. The fraction of sp³-hybridized carbons (Fsp3) is 0.0588. The number of rotatable bonds is 3. The van der Waals surface area contributed by atoms with Gasteiger partial charge in [-0.1, -0.05) is 95.3 Å². The molecule has 0 heterocycles. The molecule has 0 N–H and O–H groups in total. The number of hydrogen-bond acceptors (Lipinski definition) is 0. The van der Waals surface area contributed by atoms with Crippen molar-refractivity contribution in [2.24, 2.45) is 0 Å². The second-order valence-electron chi connectivity index (χ2n) is 4.44. The lowest BCUT2D eigenvalue weighted by atomic mass is 10.4. The van der Waals surface area contributed by atoms with E-state index in [1.807, 2.05) is 0 Å². The SMILES string of the molecule is C1=CC([Si](c2ccccc2)c2ccccc2)C=C1. The molecule has 0 fully saturated rings. The molecule has 1 aliphatic rings. The Hall–Kier alpha value is -1.86. The van der Waals surface area contributed by atoms with Gasteiger partial charge in [0.2, 0.25) is 0 Å². The Labute approximate surface area is 110 Å². The molecule has 0 amide bonds. The summed E-state index contributed by atoms with van der Waals surface area (Å²) < 4.78 is 0. The van der Waals surface area contributed by atoms with Crippen molar-refractivity contribution >= 4 is 19.2 Å². The topological polar surface area (TPSA) is 0 Å². The van der Waals surface area contributed by atoms with E-state index in [1.54, 1.807) is 0 Å². The summed E-state index contributed by atoms with van der Waals surface area (Å²) in [6.07, 6.45) is 8.99. The van der Waals surface area contributed by atoms with Gasteiger partial charge in [0, 0.05) is 0 Å². The van der Waals surface area contributed by atoms with Crippen LogP contribution in [0.5, 0.6) is 0 Å². The molecule has 0 spiro atoms. The van der Waals surface area contributed by atoms with E-state index in [0.717, 1.165) is 0 Å². The van der Waals surface area contributed by atoms with Gasteiger partial charge in [-0.2, -0.15) is 0 Å². The van der Waals surface area contributed by atoms with Crippen LogP contribution in [0.1, 0.15) is 0 Å². The Morgan fingerprint density at radius 3 is 1.50 bits per heavy atom. The summed E-state index contributed by atoms with van der Waals surface area (Å²) in [4.78, 5) is 0. The first-order valence-electron chi connectivity index (χ1n) is 6.28. The Balaban J connectivity index is 2.04. The van der Waals surface area contributed by atoms with Gasteiger partial charge in [0.25, 0.3) is 0 Å². The number of allylic oxidation sites excluding steroid dienone is 4. The van der Waals surface area contributed by atoms with Gasteiger partial charge in [0.15, 0.2) is 0 Å². The van der Waals surface area contributed by atoms with Crippen molar-refractivity contribution in [2.75, 3.05) is 0 Å². The summed E-state index contributed by atoms with van der Waals surface area (Å²) in [6, 6.07) is 21.8. The normalized spacial score (nSPS) is 14.5. The van der Waals surface area contributed by atoms with E-state index in [9.17, 15) is 0 Å². The van der Waals surface area contributed by atoms with Crippen LogP contribution in [0.4, 0.5) is 0 Å². The van der Waals surface area contributed by atoms with E-state index in [4.69, 9.17) is 0 Å². The lowest BCUT2D eigenvalue weighted by molar-refractivity contribution is 1.37. The lowest BCUT2D eigenvalue weighted by Gasteiger charge is -2.20. The molecule has 3 rings (SSSR count). The van der Waals surface area contributed by atoms with Crippen LogP contribution in [0.15, 0.2) is 85.0 Å². The molecule has 0 aliphatic heterocycles. The van der Waals surface area contributed by atoms with Gasteiger partial charge in [-0.25, -0.2) is 0 Å². The summed E-state index contributed by atoms with van der Waals surface area (Å²) in [5.41, 5.74) is 0.569. The molecule has 0 bridgehead atoms. The van der Waals surface area contributed by atoms with Crippen LogP contribution in [-0.2, 0) is 0 Å². The molecule has 0 atom stereocenters. The summed E-state index contributed by atoms with van der Waals surface area (Å²) in [5.74, 6) is 0. The quantitative estimate of drug-likeness (QED) is 0.732. The highest BCUT2D eigenvalue weighted by Crippen LogP contribution is 2.19. The number of hydrogen-bond donors (Lipinski definition) is 0. The molecule has 18 heavy (non-hydrogen) atoms. The van der Waals surface area contributed by atoms with Crippen molar-refractivity contribution in [1.82, 2.24) is 0 Å². The highest BCUT2D eigenvalue weighted by atomic mass is 28.3. The molecule has 1 radical (unpaired) electrons. The zero-order chi connectivity index (χ0) is 12.2. The van der Waals surface area contributed by atoms with Crippen molar-refractivity contribution in [3.8, 4) is 0 Å². The van der Waals surface area contributed by atoms with Gasteiger partial charge in [-0.15, -0.1) is 0 Å². The van der Waals surface area contributed by atoms with Gasteiger partial charge < -0.3 is 0 Å². The maximum absolute atomic E-state index is 2.33. The second kappa shape index (κ2) is 5.19. The molecule has 1 aliphatic carbocycles. The van der Waals surface area contributed by atoms with Crippen LogP contribution in [-0.4, -0.2) is 8.80 Å². The third-order valence-corrected chi connectivity index (χ3v) is 6.21. The minimum atomic E-state index is -0.751. The highest BCUT2D eigenvalue weighted by Gasteiger charge is 2.24. The molecule has 87 valence electrons. The minimum absolute atomic E-state index is 0.569. The van der Waals surface area contributed by atoms with E-state index >= 15 is 0 Å². The molecule has 0 unspecified atom stereocenters. The van der Waals surface area contributed by atoms with Crippen molar-refractivity contribution in [1.29, 1.82) is 0 Å². The number of benzene rings is 2. The third kappa shape index (κ3) is 2.22. The molecular formula is C17H15Si. The Morgan fingerprint density at radius 1 is 0.611 bits per heavy atom. The molecule has 1 heteroatoms. The van der Waals surface area contributed by atoms with Crippen LogP contribution in [0.3, 0.4) is 0 Å². The maximum Gasteiger partial charge on any atom is 0.132 e. The predicted molar refractivity (Wildman–Crippen MR) is 79.9 cm³/mol.